The summed E-state index contributed by atoms with van der Waals surface area (Å²) in [5, 5.41) is 5.12. The van der Waals surface area contributed by atoms with E-state index in [1.807, 2.05) is 6.07 Å². The maximum absolute atomic E-state index is 13.4. The van der Waals surface area contributed by atoms with Gasteiger partial charge in [-0.2, -0.15) is 0 Å². The van der Waals surface area contributed by atoms with E-state index in [2.05, 4.69) is 15.6 Å². The van der Waals surface area contributed by atoms with Gasteiger partial charge in [0, 0.05) is 18.9 Å². The van der Waals surface area contributed by atoms with E-state index in [0.29, 0.717) is 12.1 Å². The zero-order valence-electron chi connectivity index (χ0n) is 11.9. The highest BCUT2D eigenvalue weighted by molar-refractivity contribution is 5.85. The summed E-state index contributed by atoms with van der Waals surface area (Å²) in [5.41, 5.74) is 1.17. The molecule has 0 unspecified atom stereocenters. The number of pyridine rings is 1. The third-order valence-electron chi connectivity index (χ3n) is 2.97. The Morgan fingerprint density at radius 1 is 1.05 bits per heavy atom. The summed E-state index contributed by atoms with van der Waals surface area (Å²) in [6.45, 7) is 0.198. The van der Waals surface area contributed by atoms with Gasteiger partial charge in [-0.1, -0.05) is 24.3 Å². The molecular weight excluding hydrogens is 285 g/mol. The fourth-order valence-electron chi connectivity index (χ4n) is 1.82. The van der Waals surface area contributed by atoms with Crippen LogP contribution >= 0.6 is 0 Å². The molecule has 0 aliphatic rings. The first-order chi connectivity index (χ1) is 10.6. The van der Waals surface area contributed by atoms with Crippen LogP contribution in [-0.2, 0) is 22.6 Å². The topological polar surface area (TPSA) is 71.1 Å². The molecule has 5 nitrogen and oxygen atoms in total. The van der Waals surface area contributed by atoms with Gasteiger partial charge in [0.05, 0.1) is 13.0 Å². The molecule has 1 heterocycles. The summed E-state index contributed by atoms with van der Waals surface area (Å²) in [4.78, 5) is 27.2. The van der Waals surface area contributed by atoms with Crippen molar-refractivity contribution in [3.05, 3.63) is 65.7 Å². The lowest BCUT2D eigenvalue weighted by molar-refractivity contribution is -0.125. The van der Waals surface area contributed by atoms with Crippen LogP contribution in [0.3, 0.4) is 0 Å². The Kier molecular flexibility index (Phi) is 5.59. The summed E-state index contributed by atoms with van der Waals surface area (Å²) in [5.74, 6) is -1.15. The molecule has 0 bridgehead atoms. The minimum Gasteiger partial charge on any atom is -0.350 e. The second-order valence-electron chi connectivity index (χ2n) is 4.68. The number of nitrogens with one attached hydrogen (secondary N) is 2. The average molecular weight is 301 g/mol. The average Bonchev–Trinajstić information content (AvgIpc) is 2.54. The number of benzene rings is 1. The van der Waals surface area contributed by atoms with Crippen LogP contribution in [0.25, 0.3) is 0 Å². The molecule has 0 fully saturated rings. The summed E-state index contributed by atoms with van der Waals surface area (Å²) >= 11 is 0. The fourth-order valence-corrected chi connectivity index (χ4v) is 1.82. The Labute approximate surface area is 127 Å². The zero-order valence-corrected chi connectivity index (χ0v) is 11.9. The van der Waals surface area contributed by atoms with Gasteiger partial charge in [0.2, 0.25) is 11.8 Å². The first-order valence-electron chi connectivity index (χ1n) is 6.81. The first-order valence-corrected chi connectivity index (χ1v) is 6.81. The lowest BCUT2D eigenvalue weighted by Gasteiger charge is -2.07. The summed E-state index contributed by atoms with van der Waals surface area (Å²) in [6.07, 6.45) is 3.20. The molecule has 0 saturated carbocycles. The number of hydrogen-bond acceptors (Lipinski definition) is 3. The van der Waals surface area contributed by atoms with Gasteiger partial charge in [0.15, 0.2) is 0 Å². The number of carbonyl (C=O) groups is 2. The molecule has 0 spiro atoms. The number of halogens is 1. The van der Waals surface area contributed by atoms with Crippen molar-refractivity contribution < 1.29 is 14.0 Å². The van der Waals surface area contributed by atoms with Crippen LogP contribution in [0.1, 0.15) is 11.1 Å². The van der Waals surface area contributed by atoms with Crippen molar-refractivity contribution >= 4 is 11.8 Å². The molecule has 0 atom stereocenters. The number of hydrogen-bond donors (Lipinski definition) is 2. The summed E-state index contributed by atoms with van der Waals surface area (Å²) in [6, 6.07) is 9.66. The van der Waals surface area contributed by atoms with Gasteiger partial charge < -0.3 is 10.6 Å². The Hall–Kier alpha value is -2.76. The second kappa shape index (κ2) is 7.87. The molecule has 0 radical (unpaired) electrons. The van der Waals surface area contributed by atoms with Crippen LogP contribution in [0.15, 0.2) is 48.8 Å². The van der Waals surface area contributed by atoms with Crippen LogP contribution in [0, 0.1) is 5.82 Å². The predicted molar refractivity (Wildman–Crippen MR) is 79.2 cm³/mol. The van der Waals surface area contributed by atoms with Gasteiger partial charge in [-0.25, -0.2) is 4.39 Å². The number of amides is 2. The SMILES string of the molecule is O=C(CNC(=O)Cc1ccccc1F)NCc1cccnc1. The third-order valence-corrected chi connectivity index (χ3v) is 2.97. The van der Waals surface area contributed by atoms with Crippen molar-refractivity contribution in [2.75, 3.05) is 6.54 Å². The lowest BCUT2D eigenvalue weighted by atomic mass is 10.1. The molecule has 2 rings (SSSR count). The van der Waals surface area contributed by atoms with Gasteiger partial charge in [0.25, 0.3) is 0 Å². The maximum atomic E-state index is 13.4. The Morgan fingerprint density at radius 3 is 2.59 bits per heavy atom. The van der Waals surface area contributed by atoms with Crippen LogP contribution in [0.2, 0.25) is 0 Å². The van der Waals surface area contributed by atoms with Crippen molar-refractivity contribution in [1.29, 1.82) is 0 Å². The molecule has 0 aliphatic heterocycles. The van der Waals surface area contributed by atoms with Gasteiger partial charge in [-0.3, -0.25) is 14.6 Å². The Bertz CT molecular complexity index is 647. The van der Waals surface area contributed by atoms with Gasteiger partial charge in [0.1, 0.15) is 5.82 Å². The van der Waals surface area contributed by atoms with Gasteiger partial charge in [-0.05, 0) is 23.3 Å². The molecule has 2 amide bonds. The van der Waals surface area contributed by atoms with E-state index >= 15 is 0 Å². The smallest absolute Gasteiger partial charge is 0.239 e. The largest absolute Gasteiger partial charge is 0.350 e. The first kappa shape index (κ1) is 15.6. The third kappa shape index (κ3) is 4.97. The van der Waals surface area contributed by atoms with Crippen LogP contribution in [-0.4, -0.2) is 23.3 Å². The van der Waals surface area contributed by atoms with E-state index < -0.39 is 11.7 Å². The van der Waals surface area contributed by atoms with Crippen molar-refractivity contribution in [1.82, 2.24) is 15.6 Å². The lowest BCUT2D eigenvalue weighted by Crippen LogP contribution is -2.37. The fraction of sp³-hybridized carbons (Fsp3) is 0.188. The molecule has 2 aromatic rings. The molecule has 1 aromatic carbocycles. The van der Waals surface area contributed by atoms with Crippen LogP contribution < -0.4 is 10.6 Å². The van der Waals surface area contributed by atoms with E-state index in [0.717, 1.165) is 5.56 Å². The quantitative estimate of drug-likeness (QED) is 0.842. The highest BCUT2D eigenvalue weighted by Crippen LogP contribution is 2.06. The monoisotopic (exact) mass is 301 g/mol. The highest BCUT2D eigenvalue weighted by atomic mass is 19.1. The standard InChI is InChI=1S/C16H16FN3O2/c17-14-6-2-1-5-13(14)8-15(21)20-11-16(22)19-10-12-4-3-7-18-9-12/h1-7,9H,8,10-11H2,(H,19,22)(H,20,21). The van der Waals surface area contributed by atoms with Crippen molar-refractivity contribution in [2.24, 2.45) is 0 Å². The number of aromatic nitrogens is 1. The van der Waals surface area contributed by atoms with E-state index in [1.54, 1.807) is 30.6 Å². The summed E-state index contributed by atoms with van der Waals surface area (Å²) in [7, 11) is 0. The van der Waals surface area contributed by atoms with E-state index in [4.69, 9.17) is 0 Å². The minimum atomic E-state index is -0.432. The molecule has 114 valence electrons. The Morgan fingerprint density at radius 2 is 1.86 bits per heavy atom. The molecule has 22 heavy (non-hydrogen) atoms. The molecule has 0 aliphatic carbocycles. The van der Waals surface area contributed by atoms with Crippen molar-refractivity contribution in [2.45, 2.75) is 13.0 Å². The molecule has 2 N–H and O–H groups in total. The zero-order chi connectivity index (χ0) is 15.8. The predicted octanol–water partition coefficient (Wildman–Crippen LogP) is 1.20. The van der Waals surface area contributed by atoms with E-state index in [-0.39, 0.29) is 18.9 Å². The highest BCUT2D eigenvalue weighted by Gasteiger charge is 2.09. The van der Waals surface area contributed by atoms with E-state index in [1.165, 1.54) is 12.1 Å². The van der Waals surface area contributed by atoms with Gasteiger partial charge >= 0.3 is 0 Å². The van der Waals surface area contributed by atoms with Crippen LogP contribution in [0.4, 0.5) is 4.39 Å². The number of carbonyl (C=O) groups excluding carboxylic acids is 2. The molecule has 1 aromatic heterocycles. The molecular formula is C16H16FN3O2. The van der Waals surface area contributed by atoms with E-state index in [9.17, 15) is 14.0 Å². The maximum Gasteiger partial charge on any atom is 0.239 e. The van der Waals surface area contributed by atoms with Crippen LogP contribution in [0.5, 0.6) is 0 Å². The second-order valence-corrected chi connectivity index (χ2v) is 4.68. The molecule has 0 saturated heterocycles. The number of rotatable bonds is 6. The van der Waals surface area contributed by atoms with Gasteiger partial charge in [-0.15, -0.1) is 0 Å². The normalized spacial score (nSPS) is 10.0. The Balaban J connectivity index is 1.72. The number of nitrogens with zero attached hydrogens (tertiary/aromatic N) is 1. The molecule has 6 heteroatoms. The van der Waals surface area contributed by atoms with Crippen molar-refractivity contribution in [3.63, 3.8) is 0 Å². The van der Waals surface area contributed by atoms with Crippen molar-refractivity contribution in [3.8, 4) is 0 Å². The minimum absolute atomic E-state index is 0.0947. The summed E-state index contributed by atoms with van der Waals surface area (Å²) < 4.78 is 13.4.